The van der Waals surface area contributed by atoms with Crippen LogP contribution < -0.4 is 4.90 Å². The highest BCUT2D eigenvalue weighted by atomic mass is 35.5. The van der Waals surface area contributed by atoms with E-state index in [0.29, 0.717) is 5.02 Å². The Kier molecular flexibility index (Phi) is 4.74. The predicted molar refractivity (Wildman–Crippen MR) is 94.9 cm³/mol. The van der Waals surface area contributed by atoms with E-state index < -0.39 is 33.7 Å². The Balaban J connectivity index is 1.93. The van der Waals surface area contributed by atoms with Crippen molar-refractivity contribution in [3.05, 3.63) is 59.1 Å². The second-order valence-electron chi connectivity index (χ2n) is 5.31. The molecule has 1 heterocycles. The predicted octanol–water partition coefficient (Wildman–Crippen LogP) is 2.88. The molecule has 1 aliphatic rings. The summed E-state index contributed by atoms with van der Waals surface area (Å²) < 4.78 is 25.5. The third-order valence-corrected chi connectivity index (χ3v) is 5.86. The van der Waals surface area contributed by atoms with E-state index in [1.54, 1.807) is 0 Å². The molecule has 0 unspecified atom stereocenters. The Bertz CT molecular complexity index is 1000. The molecule has 3 amide bonds. The molecule has 0 saturated carbocycles. The van der Waals surface area contributed by atoms with Crippen molar-refractivity contribution in [1.82, 2.24) is 4.31 Å². The van der Waals surface area contributed by atoms with Crippen LogP contribution in [0, 0.1) is 0 Å². The average Bonchev–Trinajstić information content (AvgIpc) is 2.90. The van der Waals surface area contributed by atoms with Crippen molar-refractivity contribution >= 4 is 56.1 Å². The fraction of sp³-hybridized carbons (Fsp3) is 0.0625. The molecular weight excluding hydrogens is 403 g/mol. The number of urea groups is 1. The third-order valence-electron chi connectivity index (χ3n) is 3.68. The maximum absolute atomic E-state index is 12.6. The van der Waals surface area contributed by atoms with Crippen molar-refractivity contribution in [2.75, 3.05) is 11.4 Å². The van der Waals surface area contributed by atoms with E-state index in [4.69, 9.17) is 23.2 Å². The van der Waals surface area contributed by atoms with Crippen molar-refractivity contribution in [3.8, 4) is 0 Å². The van der Waals surface area contributed by atoms with Gasteiger partial charge in [0.1, 0.15) is 6.54 Å². The van der Waals surface area contributed by atoms with Gasteiger partial charge in [0.15, 0.2) is 0 Å². The quantitative estimate of drug-likeness (QED) is 0.568. The van der Waals surface area contributed by atoms with Crippen molar-refractivity contribution in [2.45, 2.75) is 4.90 Å². The van der Waals surface area contributed by atoms with Gasteiger partial charge in [-0.15, -0.1) is 4.31 Å². The first kappa shape index (κ1) is 18.4. The minimum absolute atomic E-state index is 0.207. The monoisotopic (exact) mass is 412 g/mol. The van der Waals surface area contributed by atoms with Gasteiger partial charge < -0.3 is 0 Å². The molecule has 0 N–H and O–H groups in total. The first-order valence-corrected chi connectivity index (χ1v) is 9.36. The maximum Gasteiger partial charge on any atom is 0.346 e. The molecule has 26 heavy (non-hydrogen) atoms. The number of benzene rings is 2. The summed E-state index contributed by atoms with van der Waals surface area (Å²) in [6.07, 6.45) is 0. The van der Waals surface area contributed by atoms with Crippen LogP contribution in [-0.2, 0) is 14.8 Å². The van der Waals surface area contributed by atoms with E-state index >= 15 is 0 Å². The molecule has 1 saturated heterocycles. The molecule has 0 atom stereocenters. The van der Waals surface area contributed by atoms with Crippen LogP contribution in [0.25, 0.3) is 0 Å². The lowest BCUT2D eigenvalue weighted by Crippen LogP contribution is -2.38. The Hall–Kier alpha value is -2.42. The molecule has 0 spiro atoms. The van der Waals surface area contributed by atoms with Crippen LogP contribution in [0.2, 0.25) is 5.02 Å². The van der Waals surface area contributed by atoms with Crippen LogP contribution in [0.4, 0.5) is 10.5 Å². The zero-order chi connectivity index (χ0) is 19.1. The van der Waals surface area contributed by atoms with Crippen molar-refractivity contribution < 1.29 is 22.8 Å². The van der Waals surface area contributed by atoms with Gasteiger partial charge in [0.2, 0.25) is 0 Å². The number of amides is 3. The van der Waals surface area contributed by atoms with Gasteiger partial charge in [-0.2, -0.15) is 0 Å². The van der Waals surface area contributed by atoms with Crippen molar-refractivity contribution in [3.63, 3.8) is 0 Å². The lowest BCUT2D eigenvalue weighted by Gasteiger charge is -2.17. The standard InChI is InChI=1S/C16H10Cl2N2O5S/c17-11-3-7-13(8-4-11)26(24,25)20-14(21)9-19(16(20)23)12-5-1-10(2-6-12)15(18)22/h1-8H,9H2. The molecule has 2 aromatic carbocycles. The number of rotatable bonds is 4. The summed E-state index contributed by atoms with van der Waals surface area (Å²) in [6.45, 7) is -0.445. The molecule has 1 fully saturated rings. The molecular formula is C16H10Cl2N2O5S. The summed E-state index contributed by atoms with van der Waals surface area (Å²) in [5.41, 5.74) is 0.470. The molecule has 10 heteroatoms. The third kappa shape index (κ3) is 3.18. The lowest BCUT2D eigenvalue weighted by atomic mass is 10.2. The van der Waals surface area contributed by atoms with Gasteiger partial charge in [-0.05, 0) is 60.1 Å². The number of imide groups is 1. The Morgan fingerprint density at radius 2 is 1.54 bits per heavy atom. The van der Waals surface area contributed by atoms with Crippen LogP contribution in [0.1, 0.15) is 10.4 Å². The molecule has 3 rings (SSSR count). The summed E-state index contributed by atoms with van der Waals surface area (Å²) in [4.78, 5) is 36.6. The zero-order valence-corrected chi connectivity index (χ0v) is 15.3. The summed E-state index contributed by atoms with van der Waals surface area (Å²) in [6, 6.07) is 9.66. The summed E-state index contributed by atoms with van der Waals surface area (Å²) in [7, 11) is -4.36. The van der Waals surface area contributed by atoms with Gasteiger partial charge >= 0.3 is 6.03 Å². The Labute approximate surface area is 158 Å². The SMILES string of the molecule is O=C(Cl)c1ccc(N2CC(=O)N(S(=O)(=O)c3ccc(Cl)cc3)C2=O)cc1. The van der Waals surface area contributed by atoms with Gasteiger partial charge in [0, 0.05) is 16.3 Å². The van der Waals surface area contributed by atoms with Gasteiger partial charge in [-0.3, -0.25) is 14.5 Å². The number of hydrogen-bond donors (Lipinski definition) is 0. The highest BCUT2D eigenvalue weighted by Gasteiger charge is 2.45. The highest BCUT2D eigenvalue weighted by molar-refractivity contribution is 7.90. The maximum atomic E-state index is 12.6. The Morgan fingerprint density at radius 3 is 2.08 bits per heavy atom. The van der Waals surface area contributed by atoms with Gasteiger partial charge in [0.05, 0.1) is 4.90 Å². The Morgan fingerprint density at radius 1 is 0.962 bits per heavy atom. The first-order chi connectivity index (χ1) is 12.2. The molecule has 1 aliphatic heterocycles. The number of anilines is 1. The molecule has 2 aromatic rings. The van der Waals surface area contributed by atoms with E-state index in [-0.39, 0.29) is 20.5 Å². The van der Waals surface area contributed by atoms with Gasteiger partial charge in [-0.1, -0.05) is 11.6 Å². The smallest absolute Gasteiger partial charge is 0.284 e. The molecule has 0 aromatic heterocycles. The van der Waals surface area contributed by atoms with E-state index in [9.17, 15) is 22.8 Å². The topological polar surface area (TPSA) is 91.8 Å². The first-order valence-electron chi connectivity index (χ1n) is 7.17. The van der Waals surface area contributed by atoms with Crippen LogP contribution in [-0.4, -0.2) is 36.4 Å². The fourth-order valence-electron chi connectivity index (χ4n) is 2.41. The van der Waals surface area contributed by atoms with Crippen LogP contribution in [0.15, 0.2) is 53.4 Å². The summed E-state index contributed by atoms with van der Waals surface area (Å²) in [5, 5.41) is -0.356. The van der Waals surface area contributed by atoms with Crippen LogP contribution >= 0.6 is 23.2 Å². The minimum Gasteiger partial charge on any atom is -0.284 e. The highest BCUT2D eigenvalue weighted by Crippen LogP contribution is 2.27. The van der Waals surface area contributed by atoms with E-state index in [1.165, 1.54) is 48.5 Å². The largest absolute Gasteiger partial charge is 0.346 e. The van der Waals surface area contributed by atoms with E-state index in [2.05, 4.69) is 0 Å². The molecule has 134 valence electrons. The van der Waals surface area contributed by atoms with E-state index in [0.717, 1.165) is 4.90 Å². The molecule has 0 aliphatic carbocycles. The second-order valence-corrected chi connectivity index (χ2v) is 7.87. The molecule has 0 radical (unpaired) electrons. The zero-order valence-electron chi connectivity index (χ0n) is 12.9. The van der Waals surface area contributed by atoms with Gasteiger partial charge in [-0.25, -0.2) is 13.2 Å². The van der Waals surface area contributed by atoms with E-state index in [1.807, 2.05) is 0 Å². The minimum atomic E-state index is -4.36. The number of hydrogen-bond acceptors (Lipinski definition) is 5. The number of carbonyl (C=O) groups is 3. The fourth-order valence-corrected chi connectivity index (χ4v) is 3.98. The van der Waals surface area contributed by atoms with Crippen LogP contribution in [0.3, 0.4) is 0 Å². The summed E-state index contributed by atoms with van der Waals surface area (Å²) >= 11 is 11.1. The molecule has 0 bridgehead atoms. The number of sulfonamides is 1. The van der Waals surface area contributed by atoms with Crippen molar-refractivity contribution in [1.29, 1.82) is 0 Å². The number of nitrogens with zero attached hydrogens (tertiary/aromatic N) is 2. The van der Waals surface area contributed by atoms with Crippen molar-refractivity contribution in [2.24, 2.45) is 0 Å². The lowest BCUT2D eigenvalue weighted by molar-refractivity contribution is -0.121. The summed E-state index contributed by atoms with van der Waals surface area (Å²) in [5.74, 6) is -0.887. The average molecular weight is 413 g/mol. The number of halogens is 2. The second kappa shape index (κ2) is 6.71. The normalized spacial score (nSPS) is 14.8. The van der Waals surface area contributed by atoms with Gasteiger partial charge in [0.25, 0.3) is 21.2 Å². The number of carbonyl (C=O) groups excluding carboxylic acids is 3. The van der Waals surface area contributed by atoms with Crippen LogP contribution in [0.5, 0.6) is 0 Å². The molecule has 7 nitrogen and oxygen atoms in total.